The number of ether oxygens (including phenoxy) is 1. The summed E-state index contributed by atoms with van der Waals surface area (Å²) in [4.78, 5) is 11.5. The van der Waals surface area contributed by atoms with Gasteiger partial charge in [0.05, 0.1) is 22.9 Å². The van der Waals surface area contributed by atoms with Crippen LogP contribution in [-0.2, 0) is 14.8 Å². The molecule has 0 radical (unpaired) electrons. The molecule has 3 N–H and O–H groups in total. The summed E-state index contributed by atoms with van der Waals surface area (Å²) in [6.45, 7) is 3.76. The number of benzene rings is 2. The van der Waals surface area contributed by atoms with Crippen molar-refractivity contribution in [3.8, 4) is 0 Å². The summed E-state index contributed by atoms with van der Waals surface area (Å²) in [5, 5.41) is 5.11. The van der Waals surface area contributed by atoms with Gasteiger partial charge < -0.3 is 10.1 Å². The lowest BCUT2D eigenvalue weighted by atomic mass is 10.2. The van der Waals surface area contributed by atoms with Crippen LogP contribution in [0.4, 0.5) is 16.2 Å². The monoisotopic (exact) mass is 393 g/mol. The molecule has 0 aliphatic carbocycles. The highest BCUT2D eigenvalue weighted by molar-refractivity contribution is 7.92. The van der Waals surface area contributed by atoms with Gasteiger partial charge in [-0.1, -0.05) is 29.8 Å². The largest absolute Gasteiger partial charge is 0.450 e. The Kier molecular flexibility index (Phi) is 6.53. The minimum Gasteiger partial charge on any atom is -0.450 e. The molecule has 0 fully saturated rings. The van der Waals surface area contributed by atoms with Crippen LogP contribution in [0.3, 0.4) is 0 Å². The molecule has 0 aliphatic rings. The molecule has 0 heterocycles. The Morgan fingerprint density at radius 3 is 2.31 bits per heavy atom. The average Bonchev–Trinajstić information content (AvgIpc) is 2.57. The van der Waals surface area contributed by atoms with E-state index in [1.807, 2.05) is 6.92 Å². The van der Waals surface area contributed by atoms with Crippen molar-refractivity contribution in [3.63, 3.8) is 0 Å². The highest BCUT2D eigenvalue weighted by Crippen LogP contribution is 2.24. The maximum atomic E-state index is 12.6. The summed E-state index contributed by atoms with van der Waals surface area (Å²) >= 11 is 5.03. The lowest BCUT2D eigenvalue weighted by Crippen LogP contribution is -2.34. The first-order valence-electron chi connectivity index (χ1n) is 7.75. The van der Waals surface area contributed by atoms with Crippen LogP contribution in [0.15, 0.2) is 53.4 Å². The lowest BCUT2D eigenvalue weighted by molar-refractivity contribution is 0.158. The molecule has 2 aromatic rings. The fourth-order valence-electron chi connectivity index (χ4n) is 2.02. The summed E-state index contributed by atoms with van der Waals surface area (Å²) in [6.07, 6.45) is -0.692. The summed E-state index contributed by atoms with van der Waals surface area (Å²) in [7, 11) is -3.77. The fourth-order valence-corrected chi connectivity index (χ4v) is 3.29. The molecule has 0 aromatic heterocycles. The Balaban J connectivity index is 2.17. The summed E-state index contributed by atoms with van der Waals surface area (Å²) in [5.41, 5.74) is 1.65. The van der Waals surface area contributed by atoms with Crippen LogP contribution < -0.4 is 15.4 Å². The van der Waals surface area contributed by atoms with Gasteiger partial charge in [0, 0.05) is 0 Å². The number of amides is 1. The summed E-state index contributed by atoms with van der Waals surface area (Å²) in [6, 6.07) is 13.1. The fraction of sp³-hybridized carbons (Fsp3) is 0.176. The number of nitrogens with one attached hydrogen (secondary N) is 3. The third-order valence-corrected chi connectivity index (χ3v) is 4.83. The second-order valence-corrected chi connectivity index (χ2v) is 7.35. The van der Waals surface area contributed by atoms with E-state index in [0.29, 0.717) is 11.4 Å². The number of aryl methyl sites for hydroxylation is 1. The number of carbonyl (C=O) groups is 1. The van der Waals surface area contributed by atoms with E-state index in [4.69, 9.17) is 17.0 Å². The Hall–Kier alpha value is -2.65. The third kappa shape index (κ3) is 5.43. The number of hydrogen-bond donors (Lipinski definition) is 3. The van der Waals surface area contributed by atoms with Crippen LogP contribution in [0.1, 0.15) is 12.5 Å². The Bertz CT molecular complexity index is 896. The molecule has 0 bridgehead atoms. The molecule has 26 heavy (non-hydrogen) atoms. The zero-order valence-corrected chi connectivity index (χ0v) is 15.9. The van der Waals surface area contributed by atoms with Gasteiger partial charge in [-0.3, -0.25) is 10.0 Å². The first kappa shape index (κ1) is 19.7. The van der Waals surface area contributed by atoms with Gasteiger partial charge in [-0.15, -0.1) is 0 Å². The van der Waals surface area contributed by atoms with E-state index in [9.17, 15) is 13.2 Å². The topological polar surface area (TPSA) is 96.5 Å². The van der Waals surface area contributed by atoms with E-state index in [1.165, 1.54) is 12.1 Å². The van der Waals surface area contributed by atoms with Gasteiger partial charge in [-0.2, -0.15) is 0 Å². The predicted octanol–water partition coefficient (Wildman–Crippen LogP) is 3.24. The van der Waals surface area contributed by atoms with Crippen molar-refractivity contribution in [2.75, 3.05) is 16.6 Å². The standard InChI is InChI=1S/C17H19N3O4S2/c1-3-24-17(21)19-16(25)18-14-6-4-5-7-15(14)20-26(22,23)13-10-8-12(2)9-11-13/h4-11,20H,3H2,1-2H3,(H2,18,19,21,25). The van der Waals surface area contributed by atoms with Crippen molar-refractivity contribution in [1.29, 1.82) is 0 Å². The number of carbonyl (C=O) groups excluding carboxylic acids is 1. The normalized spacial score (nSPS) is 10.7. The zero-order valence-electron chi connectivity index (χ0n) is 14.3. The van der Waals surface area contributed by atoms with Gasteiger partial charge in [0.2, 0.25) is 0 Å². The molecule has 0 saturated carbocycles. The molecule has 0 unspecified atom stereocenters. The minimum atomic E-state index is -3.77. The van der Waals surface area contributed by atoms with Gasteiger partial charge in [0.15, 0.2) is 5.11 Å². The van der Waals surface area contributed by atoms with E-state index in [0.717, 1.165) is 5.56 Å². The van der Waals surface area contributed by atoms with Crippen LogP contribution in [0, 0.1) is 6.92 Å². The number of hydrogen-bond acceptors (Lipinski definition) is 5. The van der Waals surface area contributed by atoms with Crippen LogP contribution in [0.5, 0.6) is 0 Å². The molecule has 0 saturated heterocycles. The summed E-state index contributed by atoms with van der Waals surface area (Å²) in [5.74, 6) is 0. The molecular formula is C17H19N3O4S2. The number of alkyl carbamates (subject to hydrolysis) is 1. The van der Waals surface area contributed by atoms with E-state index >= 15 is 0 Å². The molecule has 7 nitrogen and oxygen atoms in total. The lowest BCUT2D eigenvalue weighted by Gasteiger charge is -2.15. The van der Waals surface area contributed by atoms with Crippen molar-refractivity contribution < 1.29 is 17.9 Å². The van der Waals surface area contributed by atoms with Crippen LogP contribution >= 0.6 is 12.2 Å². The van der Waals surface area contributed by atoms with E-state index in [1.54, 1.807) is 43.3 Å². The van der Waals surface area contributed by atoms with Crippen molar-refractivity contribution in [2.45, 2.75) is 18.7 Å². The van der Waals surface area contributed by atoms with Gasteiger partial charge in [-0.05, 0) is 50.3 Å². The number of para-hydroxylation sites is 2. The molecular weight excluding hydrogens is 374 g/mol. The first-order valence-corrected chi connectivity index (χ1v) is 9.64. The Morgan fingerprint density at radius 1 is 1.08 bits per heavy atom. The van der Waals surface area contributed by atoms with Crippen LogP contribution in [-0.4, -0.2) is 26.2 Å². The Labute approximate surface area is 157 Å². The number of anilines is 2. The number of rotatable bonds is 5. The van der Waals surface area contributed by atoms with Crippen molar-refractivity contribution in [1.82, 2.24) is 5.32 Å². The number of sulfonamides is 1. The van der Waals surface area contributed by atoms with Gasteiger partial charge in [0.1, 0.15) is 0 Å². The van der Waals surface area contributed by atoms with Gasteiger partial charge in [-0.25, -0.2) is 13.2 Å². The van der Waals surface area contributed by atoms with Crippen molar-refractivity contribution >= 4 is 44.8 Å². The van der Waals surface area contributed by atoms with Crippen LogP contribution in [0.25, 0.3) is 0 Å². The minimum absolute atomic E-state index is 0.00886. The van der Waals surface area contributed by atoms with E-state index in [-0.39, 0.29) is 16.6 Å². The molecule has 2 rings (SSSR count). The SMILES string of the molecule is CCOC(=O)NC(=S)Nc1ccccc1NS(=O)(=O)c1ccc(C)cc1. The molecule has 0 spiro atoms. The maximum absolute atomic E-state index is 12.6. The average molecular weight is 393 g/mol. The van der Waals surface area contributed by atoms with E-state index < -0.39 is 16.1 Å². The van der Waals surface area contributed by atoms with Crippen molar-refractivity contribution in [2.24, 2.45) is 0 Å². The highest BCUT2D eigenvalue weighted by atomic mass is 32.2. The number of thiocarbonyl (C=S) groups is 1. The predicted molar refractivity (Wildman–Crippen MR) is 105 cm³/mol. The second-order valence-electron chi connectivity index (χ2n) is 5.26. The molecule has 1 amide bonds. The van der Waals surface area contributed by atoms with Crippen molar-refractivity contribution in [3.05, 3.63) is 54.1 Å². The van der Waals surface area contributed by atoms with Crippen LogP contribution in [0.2, 0.25) is 0 Å². The summed E-state index contributed by atoms with van der Waals surface area (Å²) < 4.78 is 32.4. The molecule has 138 valence electrons. The molecule has 9 heteroatoms. The highest BCUT2D eigenvalue weighted by Gasteiger charge is 2.16. The smallest absolute Gasteiger partial charge is 0.413 e. The molecule has 0 atom stereocenters. The van der Waals surface area contributed by atoms with Gasteiger partial charge in [0.25, 0.3) is 10.0 Å². The maximum Gasteiger partial charge on any atom is 0.413 e. The first-order chi connectivity index (χ1) is 12.3. The van der Waals surface area contributed by atoms with Gasteiger partial charge >= 0.3 is 6.09 Å². The molecule has 2 aromatic carbocycles. The quantitative estimate of drug-likeness (QED) is 0.675. The Morgan fingerprint density at radius 2 is 1.69 bits per heavy atom. The zero-order chi connectivity index (χ0) is 19.2. The van der Waals surface area contributed by atoms with E-state index in [2.05, 4.69) is 15.4 Å². The third-order valence-electron chi connectivity index (χ3n) is 3.24. The molecule has 0 aliphatic heterocycles. The second kappa shape index (κ2) is 8.63.